The van der Waals surface area contributed by atoms with Gasteiger partial charge in [-0.2, -0.15) is 0 Å². The highest BCUT2D eigenvalue weighted by atomic mass is 16.2. The highest BCUT2D eigenvalue weighted by Gasteiger charge is 2.56. The molecular weight excluding hydrogens is 394 g/mol. The van der Waals surface area contributed by atoms with Crippen LogP contribution in [0.15, 0.2) is 30.5 Å². The van der Waals surface area contributed by atoms with Crippen LogP contribution in [0.4, 0.5) is 10.5 Å². The highest BCUT2D eigenvalue weighted by molar-refractivity contribution is 6.10. The summed E-state index contributed by atoms with van der Waals surface area (Å²) < 4.78 is 2.21. The Morgan fingerprint density at radius 2 is 1.97 bits per heavy atom. The van der Waals surface area contributed by atoms with Gasteiger partial charge in [-0.3, -0.25) is 14.5 Å². The Hall–Kier alpha value is -2.87. The molecule has 2 aromatic rings. The Morgan fingerprint density at radius 1 is 1.23 bits per heavy atom. The summed E-state index contributed by atoms with van der Waals surface area (Å²) in [4.78, 5) is 40.9. The number of anilines is 1. The molecule has 4 rings (SSSR count). The minimum Gasteiger partial charge on any atom is -0.346 e. The van der Waals surface area contributed by atoms with E-state index in [-0.39, 0.29) is 24.3 Å². The van der Waals surface area contributed by atoms with E-state index in [4.69, 9.17) is 0 Å². The molecule has 166 valence electrons. The van der Waals surface area contributed by atoms with Gasteiger partial charge in [0, 0.05) is 35.9 Å². The quantitative estimate of drug-likeness (QED) is 0.605. The van der Waals surface area contributed by atoms with E-state index in [1.165, 1.54) is 0 Å². The molecule has 1 atom stereocenters. The Morgan fingerprint density at radius 3 is 2.65 bits per heavy atom. The molecule has 8 heteroatoms. The van der Waals surface area contributed by atoms with Crippen LogP contribution >= 0.6 is 0 Å². The number of imide groups is 1. The first-order valence-electron chi connectivity index (χ1n) is 11.1. The zero-order chi connectivity index (χ0) is 22.2. The molecule has 2 heterocycles. The van der Waals surface area contributed by atoms with Crippen molar-refractivity contribution in [3.8, 4) is 0 Å². The number of rotatable bonds is 9. The van der Waals surface area contributed by atoms with Crippen LogP contribution in [-0.2, 0) is 16.1 Å². The maximum atomic E-state index is 12.7. The number of hydrogen-bond donors (Lipinski definition) is 2. The third-order valence-electron chi connectivity index (χ3n) is 6.60. The molecule has 0 radical (unpaired) electrons. The predicted octanol–water partition coefficient (Wildman–Crippen LogP) is 2.64. The summed E-state index contributed by atoms with van der Waals surface area (Å²) in [5, 5.41) is 6.63. The Kier molecular flexibility index (Phi) is 5.75. The zero-order valence-electron chi connectivity index (χ0n) is 18.5. The van der Waals surface area contributed by atoms with Crippen molar-refractivity contribution in [2.75, 3.05) is 31.5 Å². The van der Waals surface area contributed by atoms with Crippen LogP contribution in [0.25, 0.3) is 10.9 Å². The van der Waals surface area contributed by atoms with Gasteiger partial charge in [-0.1, -0.05) is 13.8 Å². The van der Waals surface area contributed by atoms with Gasteiger partial charge in [0.25, 0.3) is 5.91 Å². The number of likely N-dealkylation sites (N-methyl/N-ethyl adjacent to an activating group) is 1. The van der Waals surface area contributed by atoms with Crippen LogP contribution in [0.5, 0.6) is 0 Å². The molecule has 2 fully saturated rings. The lowest BCUT2D eigenvalue weighted by molar-refractivity contribution is -0.134. The average molecular weight is 426 g/mol. The summed E-state index contributed by atoms with van der Waals surface area (Å²) in [6, 6.07) is 7.31. The molecule has 2 N–H and O–H groups in total. The van der Waals surface area contributed by atoms with Crippen LogP contribution in [0, 0.1) is 5.92 Å². The van der Waals surface area contributed by atoms with E-state index >= 15 is 0 Å². The van der Waals surface area contributed by atoms with Crippen LogP contribution in [-0.4, -0.2) is 63.9 Å². The fourth-order valence-corrected chi connectivity index (χ4v) is 4.40. The summed E-state index contributed by atoms with van der Waals surface area (Å²) in [6.07, 6.45) is 3.92. The molecular formula is C23H31N5O3. The highest BCUT2D eigenvalue weighted by Crippen LogP contribution is 2.42. The fraction of sp³-hybridized carbons (Fsp3) is 0.522. The molecule has 0 bridgehead atoms. The van der Waals surface area contributed by atoms with Gasteiger partial charge in [0.2, 0.25) is 5.91 Å². The van der Waals surface area contributed by atoms with Crippen LogP contribution < -0.4 is 10.6 Å². The lowest BCUT2D eigenvalue weighted by atomic mass is 9.96. The number of urea groups is 1. The number of carbonyl (C=O) groups excluding carboxylic acids is 3. The van der Waals surface area contributed by atoms with Crippen molar-refractivity contribution in [2.45, 2.75) is 45.7 Å². The van der Waals surface area contributed by atoms with Gasteiger partial charge in [0.05, 0.1) is 0 Å². The van der Waals surface area contributed by atoms with Crippen molar-refractivity contribution in [1.29, 1.82) is 0 Å². The van der Waals surface area contributed by atoms with Gasteiger partial charge in [-0.05, 0) is 63.0 Å². The third kappa shape index (κ3) is 4.17. The van der Waals surface area contributed by atoms with Crippen molar-refractivity contribution in [2.24, 2.45) is 5.92 Å². The minimum atomic E-state index is -0.871. The van der Waals surface area contributed by atoms with Gasteiger partial charge in [-0.25, -0.2) is 4.79 Å². The third-order valence-corrected chi connectivity index (χ3v) is 6.60. The van der Waals surface area contributed by atoms with Crippen molar-refractivity contribution >= 4 is 34.4 Å². The van der Waals surface area contributed by atoms with Crippen molar-refractivity contribution in [1.82, 2.24) is 19.7 Å². The predicted molar refractivity (Wildman–Crippen MR) is 120 cm³/mol. The minimum absolute atomic E-state index is 0.171. The van der Waals surface area contributed by atoms with E-state index in [0.717, 1.165) is 54.8 Å². The maximum absolute atomic E-state index is 12.7. The number of nitrogens with one attached hydrogen (secondary N) is 2. The van der Waals surface area contributed by atoms with E-state index in [9.17, 15) is 14.4 Å². The Labute approximate surface area is 182 Å². The van der Waals surface area contributed by atoms with E-state index in [1.54, 1.807) is 6.92 Å². The number of carbonyl (C=O) groups is 3. The van der Waals surface area contributed by atoms with Gasteiger partial charge in [0.15, 0.2) is 0 Å². The first kappa shape index (κ1) is 21.4. The summed E-state index contributed by atoms with van der Waals surface area (Å²) in [6.45, 7) is 9.75. The van der Waals surface area contributed by atoms with Gasteiger partial charge in [0.1, 0.15) is 12.1 Å². The van der Waals surface area contributed by atoms with Crippen LogP contribution in [0.2, 0.25) is 0 Å². The topological polar surface area (TPSA) is 86.7 Å². The molecule has 1 aliphatic carbocycles. The number of nitrogens with zero attached hydrogens (tertiary/aromatic N) is 3. The number of benzene rings is 1. The number of fused-ring (bicyclic) bond motifs is 1. The molecule has 0 spiro atoms. The van der Waals surface area contributed by atoms with Crippen LogP contribution in [0.3, 0.4) is 0 Å². The fourth-order valence-electron chi connectivity index (χ4n) is 4.40. The van der Waals surface area contributed by atoms with Gasteiger partial charge >= 0.3 is 6.03 Å². The monoisotopic (exact) mass is 425 g/mol. The molecule has 1 aromatic heterocycles. The molecule has 2 aliphatic rings. The standard InChI is InChI=1S/C23H31N5O3/c1-4-26(5-2)12-13-27-11-10-16-14-18(8-9-19(16)27)24-20(29)15-28-21(30)23(3,17-6-7-17)25-22(28)31/h8-11,14,17H,4-7,12-13,15H2,1-3H3,(H,24,29)(H,25,31). The SMILES string of the molecule is CCN(CC)CCn1ccc2cc(NC(=O)CN3C(=O)NC(C)(C4CC4)C3=O)ccc21. The zero-order valence-corrected chi connectivity index (χ0v) is 18.5. The summed E-state index contributed by atoms with van der Waals surface area (Å²) >= 11 is 0. The smallest absolute Gasteiger partial charge is 0.325 e. The molecule has 1 aliphatic heterocycles. The first-order valence-corrected chi connectivity index (χ1v) is 11.1. The largest absolute Gasteiger partial charge is 0.346 e. The Balaban J connectivity index is 1.39. The molecule has 1 unspecified atom stereocenters. The molecule has 8 nitrogen and oxygen atoms in total. The van der Waals surface area contributed by atoms with E-state index in [1.807, 2.05) is 24.3 Å². The Bertz CT molecular complexity index is 1010. The molecule has 1 saturated carbocycles. The van der Waals surface area contributed by atoms with Crippen molar-refractivity contribution in [3.05, 3.63) is 30.5 Å². The number of aromatic nitrogens is 1. The first-order chi connectivity index (χ1) is 14.9. The molecule has 1 aromatic carbocycles. The summed E-state index contributed by atoms with van der Waals surface area (Å²) in [5.74, 6) is -0.523. The normalized spacial score (nSPS) is 21.2. The lowest BCUT2D eigenvalue weighted by Gasteiger charge is -2.20. The van der Waals surface area contributed by atoms with Crippen molar-refractivity contribution in [3.63, 3.8) is 0 Å². The van der Waals surface area contributed by atoms with Gasteiger partial charge < -0.3 is 20.1 Å². The second-order valence-electron chi connectivity index (χ2n) is 8.66. The summed E-state index contributed by atoms with van der Waals surface area (Å²) in [5.41, 5.74) is 0.889. The lowest BCUT2D eigenvalue weighted by Crippen LogP contribution is -2.46. The maximum Gasteiger partial charge on any atom is 0.325 e. The second-order valence-corrected chi connectivity index (χ2v) is 8.66. The summed E-state index contributed by atoms with van der Waals surface area (Å²) in [7, 11) is 0. The van der Waals surface area contributed by atoms with E-state index in [2.05, 4.69) is 40.1 Å². The van der Waals surface area contributed by atoms with E-state index < -0.39 is 11.6 Å². The van der Waals surface area contributed by atoms with Gasteiger partial charge in [-0.15, -0.1) is 0 Å². The number of hydrogen-bond acceptors (Lipinski definition) is 4. The van der Waals surface area contributed by atoms with Crippen molar-refractivity contribution < 1.29 is 14.4 Å². The van der Waals surface area contributed by atoms with Crippen LogP contribution in [0.1, 0.15) is 33.6 Å². The average Bonchev–Trinajstić information content (AvgIpc) is 3.50. The van der Waals surface area contributed by atoms with E-state index in [0.29, 0.717) is 5.69 Å². The number of amides is 4. The molecule has 4 amide bonds. The second kappa shape index (κ2) is 8.34. The molecule has 1 saturated heterocycles. The molecule has 31 heavy (non-hydrogen) atoms.